The van der Waals surface area contributed by atoms with Gasteiger partial charge in [0.15, 0.2) is 10.9 Å². The first kappa shape index (κ1) is 18.4. The van der Waals surface area contributed by atoms with Crippen molar-refractivity contribution in [3.8, 4) is 27.6 Å². The lowest BCUT2D eigenvalue weighted by Gasteiger charge is -2.22. The largest absolute Gasteiger partial charge is 0.493 e. The highest BCUT2D eigenvalue weighted by Gasteiger charge is 2.24. The van der Waals surface area contributed by atoms with E-state index in [1.807, 2.05) is 10.9 Å². The number of thiazole rings is 1. The van der Waals surface area contributed by atoms with E-state index in [0.717, 1.165) is 42.0 Å². The van der Waals surface area contributed by atoms with Crippen molar-refractivity contribution in [1.29, 1.82) is 0 Å². The summed E-state index contributed by atoms with van der Waals surface area (Å²) in [6, 6.07) is 1.76. The van der Waals surface area contributed by atoms with E-state index in [2.05, 4.69) is 19.9 Å². The Kier molecular flexibility index (Phi) is 4.86. The Balaban J connectivity index is 1.71. The molecule has 0 aliphatic carbocycles. The summed E-state index contributed by atoms with van der Waals surface area (Å²) in [5, 5.41) is 5.09. The number of pyridine rings is 1. The number of halogens is 1. The van der Waals surface area contributed by atoms with Gasteiger partial charge in [-0.05, 0) is 19.3 Å². The van der Waals surface area contributed by atoms with Crippen molar-refractivity contribution in [2.75, 3.05) is 13.7 Å². The van der Waals surface area contributed by atoms with Crippen molar-refractivity contribution >= 4 is 34.0 Å². The Morgan fingerprint density at radius 3 is 2.97 bits per heavy atom. The van der Waals surface area contributed by atoms with Crippen molar-refractivity contribution in [2.24, 2.45) is 0 Å². The lowest BCUT2D eigenvalue weighted by molar-refractivity contribution is -0.0393. The van der Waals surface area contributed by atoms with Gasteiger partial charge < -0.3 is 9.47 Å². The van der Waals surface area contributed by atoms with Gasteiger partial charge >= 0.3 is 0 Å². The number of ether oxygens (including phenoxy) is 2. The van der Waals surface area contributed by atoms with Crippen LogP contribution in [0, 0.1) is 0 Å². The molecule has 1 aliphatic rings. The molecule has 29 heavy (non-hydrogen) atoms. The molecule has 4 aromatic rings. The Hall–Kier alpha value is -2.62. The third kappa shape index (κ3) is 3.35. The highest BCUT2D eigenvalue weighted by molar-refractivity contribution is 7.13. The van der Waals surface area contributed by atoms with Crippen LogP contribution >= 0.6 is 22.9 Å². The predicted octanol–water partition coefficient (Wildman–Crippen LogP) is 4.37. The lowest BCUT2D eigenvalue weighted by atomic mass is 10.1. The number of hydrogen-bond donors (Lipinski definition) is 0. The molecule has 0 amide bonds. The third-order valence-corrected chi connectivity index (χ3v) is 5.91. The minimum absolute atomic E-state index is 0.0890. The van der Waals surface area contributed by atoms with Crippen molar-refractivity contribution < 1.29 is 9.47 Å². The van der Waals surface area contributed by atoms with Crippen LogP contribution in [0.5, 0.6) is 5.75 Å². The second-order valence-corrected chi connectivity index (χ2v) is 7.87. The molecule has 148 valence electrons. The molecule has 0 N–H and O–H groups in total. The minimum atomic E-state index is -0.0890. The average Bonchev–Trinajstić information content (AvgIpc) is 3.43. The van der Waals surface area contributed by atoms with E-state index >= 15 is 0 Å². The van der Waals surface area contributed by atoms with Gasteiger partial charge in [0.2, 0.25) is 0 Å². The summed E-state index contributed by atoms with van der Waals surface area (Å²) in [5.41, 5.74) is 5.30. The van der Waals surface area contributed by atoms with Crippen LogP contribution in [0.4, 0.5) is 0 Å². The fourth-order valence-electron chi connectivity index (χ4n) is 3.45. The van der Waals surface area contributed by atoms with E-state index in [1.165, 1.54) is 17.7 Å². The second kappa shape index (κ2) is 7.66. The van der Waals surface area contributed by atoms with Crippen LogP contribution < -0.4 is 4.74 Å². The number of methoxy groups -OCH3 is 1. The first-order valence-corrected chi connectivity index (χ1v) is 10.5. The van der Waals surface area contributed by atoms with Gasteiger partial charge in [0.1, 0.15) is 29.5 Å². The zero-order valence-electron chi connectivity index (χ0n) is 15.6. The first-order valence-electron chi connectivity index (χ1n) is 9.20. The summed E-state index contributed by atoms with van der Waals surface area (Å²) < 4.78 is 13.1. The van der Waals surface area contributed by atoms with Gasteiger partial charge in [0.25, 0.3) is 0 Å². The number of aromatic nitrogens is 6. The first-order chi connectivity index (χ1) is 14.2. The molecule has 0 aromatic carbocycles. The zero-order chi connectivity index (χ0) is 19.8. The smallest absolute Gasteiger partial charge is 0.171 e. The van der Waals surface area contributed by atoms with E-state index in [1.54, 1.807) is 24.9 Å². The Bertz CT molecular complexity index is 1160. The molecule has 1 unspecified atom stereocenters. The van der Waals surface area contributed by atoms with Crippen LogP contribution in [-0.4, -0.2) is 43.4 Å². The van der Waals surface area contributed by atoms with E-state index in [-0.39, 0.29) is 11.4 Å². The normalized spacial score (nSPS) is 17.0. The summed E-state index contributed by atoms with van der Waals surface area (Å²) in [5.74, 6) is 0.470. The molecule has 0 radical (unpaired) electrons. The molecular formula is C19H17ClN6O2S. The molecule has 0 spiro atoms. The van der Waals surface area contributed by atoms with Gasteiger partial charge in [-0.15, -0.1) is 11.3 Å². The van der Waals surface area contributed by atoms with Crippen LogP contribution in [0.1, 0.15) is 25.5 Å². The van der Waals surface area contributed by atoms with E-state index in [0.29, 0.717) is 22.5 Å². The van der Waals surface area contributed by atoms with Gasteiger partial charge in [-0.2, -0.15) is 5.10 Å². The zero-order valence-corrected chi connectivity index (χ0v) is 17.2. The topological polar surface area (TPSA) is 87.8 Å². The molecular weight excluding hydrogens is 412 g/mol. The Morgan fingerprint density at radius 2 is 2.21 bits per heavy atom. The maximum Gasteiger partial charge on any atom is 0.171 e. The summed E-state index contributed by atoms with van der Waals surface area (Å²) in [4.78, 5) is 18.5. The molecule has 4 aromatic heterocycles. The second-order valence-electron chi connectivity index (χ2n) is 6.63. The van der Waals surface area contributed by atoms with Gasteiger partial charge in [0.05, 0.1) is 23.0 Å². The predicted molar refractivity (Wildman–Crippen MR) is 110 cm³/mol. The molecule has 0 saturated carbocycles. The van der Waals surface area contributed by atoms with Crippen molar-refractivity contribution in [1.82, 2.24) is 29.7 Å². The third-order valence-electron chi connectivity index (χ3n) is 4.86. The standard InChI is InChI=1S/C19H17ClN6O2S/c1-27-13-6-12-18(24-19(13)20)17(23-9-22-12)11-8-26(15-4-2-3-5-28-15)25-16(11)14-7-21-10-29-14/h6-10,15H,2-5H2,1H3. The lowest BCUT2D eigenvalue weighted by Crippen LogP contribution is -2.18. The van der Waals surface area contributed by atoms with E-state index < -0.39 is 0 Å². The molecule has 1 saturated heterocycles. The van der Waals surface area contributed by atoms with Gasteiger partial charge in [-0.25, -0.2) is 19.6 Å². The van der Waals surface area contributed by atoms with Crippen molar-refractivity contribution in [3.63, 3.8) is 0 Å². The monoisotopic (exact) mass is 428 g/mol. The summed E-state index contributed by atoms with van der Waals surface area (Å²) >= 11 is 7.81. The molecule has 1 aliphatic heterocycles. The minimum Gasteiger partial charge on any atom is -0.493 e. The van der Waals surface area contributed by atoms with Crippen molar-refractivity contribution in [2.45, 2.75) is 25.5 Å². The molecule has 10 heteroatoms. The van der Waals surface area contributed by atoms with Gasteiger partial charge in [-0.1, -0.05) is 11.6 Å². The maximum absolute atomic E-state index is 6.29. The number of nitrogens with zero attached hydrogens (tertiary/aromatic N) is 6. The molecule has 8 nitrogen and oxygen atoms in total. The van der Waals surface area contributed by atoms with E-state index in [9.17, 15) is 0 Å². The van der Waals surface area contributed by atoms with Crippen molar-refractivity contribution in [3.05, 3.63) is 35.5 Å². The fraction of sp³-hybridized carbons (Fsp3) is 0.316. The maximum atomic E-state index is 6.29. The summed E-state index contributed by atoms with van der Waals surface area (Å²) in [6.07, 6.45) is 8.30. The van der Waals surface area contributed by atoms with Crippen LogP contribution in [0.2, 0.25) is 5.15 Å². The van der Waals surface area contributed by atoms with Gasteiger partial charge in [0, 0.05) is 30.6 Å². The fourth-order valence-corrected chi connectivity index (χ4v) is 4.28. The molecule has 1 fully saturated rings. The van der Waals surface area contributed by atoms with Gasteiger partial charge in [-0.3, -0.25) is 4.98 Å². The highest BCUT2D eigenvalue weighted by atomic mass is 35.5. The van der Waals surface area contributed by atoms with E-state index in [4.69, 9.17) is 26.2 Å². The average molecular weight is 429 g/mol. The van der Waals surface area contributed by atoms with Crippen LogP contribution in [0.15, 0.2) is 30.3 Å². The highest BCUT2D eigenvalue weighted by Crippen LogP contribution is 2.37. The molecule has 0 bridgehead atoms. The quantitative estimate of drug-likeness (QED) is 0.446. The van der Waals surface area contributed by atoms with Crippen LogP contribution in [0.25, 0.3) is 32.9 Å². The number of fused-ring (bicyclic) bond motifs is 1. The Morgan fingerprint density at radius 1 is 1.28 bits per heavy atom. The molecule has 5 heterocycles. The SMILES string of the molecule is COc1cc2ncnc(-c3cn(C4CCCCO4)nc3-c3cncs3)c2nc1Cl. The number of hydrogen-bond acceptors (Lipinski definition) is 8. The Labute approximate surface area is 175 Å². The molecule has 1 atom stereocenters. The van der Waals surface area contributed by atoms with Crippen LogP contribution in [-0.2, 0) is 4.74 Å². The molecule has 5 rings (SSSR count). The summed E-state index contributed by atoms with van der Waals surface area (Å²) in [6.45, 7) is 0.739. The van der Waals surface area contributed by atoms with Crippen LogP contribution in [0.3, 0.4) is 0 Å². The number of rotatable bonds is 4. The summed E-state index contributed by atoms with van der Waals surface area (Å²) in [7, 11) is 1.55.